The van der Waals surface area contributed by atoms with Crippen molar-refractivity contribution >= 4 is 0 Å². The molecule has 1 N–H and O–H groups in total. The van der Waals surface area contributed by atoms with Crippen molar-refractivity contribution in [1.82, 2.24) is 10.2 Å². The molecule has 2 aliphatic rings. The van der Waals surface area contributed by atoms with Crippen LogP contribution in [0.25, 0.3) is 0 Å². The lowest BCUT2D eigenvalue weighted by atomic mass is 9.86. The number of hydrogen-bond acceptors (Lipinski definition) is 2. The normalized spacial score (nSPS) is 33.6. The van der Waals surface area contributed by atoms with Crippen LogP contribution in [0.15, 0.2) is 12.2 Å². The van der Waals surface area contributed by atoms with Gasteiger partial charge in [0.1, 0.15) is 0 Å². The number of rotatable bonds is 3. The lowest BCUT2D eigenvalue weighted by molar-refractivity contribution is 0.323. The minimum absolute atomic E-state index is 0.960. The van der Waals surface area contributed by atoms with Gasteiger partial charge in [-0.25, -0.2) is 0 Å². The molecule has 0 aromatic rings. The van der Waals surface area contributed by atoms with Crippen molar-refractivity contribution in [2.45, 2.75) is 12.8 Å². The Labute approximate surface area is 81.0 Å². The van der Waals surface area contributed by atoms with Crippen LogP contribution in [0, 0.1) is 11.8 Å². The van der Waals surface area contributed by atoms with Crippen LogP contribution in [-0.2, 0) is 0 Å². The van der Waals surface area contributed by atoms with Crippen LogP contribution in [0.3, 0.4) is 0 Å². The molecule has 2 atom stereocenters. The topological polar surface area (TPSA) is 15.3 Å². The molecule has 1 aliphatic heterocycles. The Kier molecular flexibility index (Phi) is 3.01. The first-order valence-electron chi connectivity index (χ1n) is 5.42. The van der Waals surface area contributed by atoms with Gasteiger partial charge in [-0.05, 0) is 31.7 Å². The van der Waals surface area contributed by atoms with Crippen molar-refractivity contribution in [1.29, 1.82) is 0 Å². The summed E-state index contributed by atoms with van der Waals surface area (Å²) in [5.74, 6) is 1.92. The molecular weight excluding hydrogens is 160 g/mol. The molecule has 13 heavy (non-hydrogen) atoms. The van der Waals surface area contributed by atoms with Crippen molar-refractivity contribution in [3.8, 4) is 0 Å². The fraction of sp³-hybridized carbons (Fsp3) is 0.818. The van der Waals surface area contributed by atoms with E-state index in [1.807, 2.05) is 7.05 Å². The second kappa shape index (κ2) is 4.25. The average molecular weight is 180 g/mol. The predicted molar refractivity (Wildman–Crippen MR) is 55.7 cm³/mol. The first-order valence-corrected chi connectivity index (χ1v) is 5.42. The summed E-state index contributed by atoms with van der Waals surface area (Å²) in [6, 6.07) is 0. The van der Waals surface area contributed by atoms with Crippen LogP contribution < -0.4 is 5.32 Å². The van der Waals surface area contributed by atoms with E-state index in [1.165, 1.54) is 32.5 Å². The van der Waals surface area contributed by atoms with Crippen LogP contribution >= 0.6 is 0 Å². The Bertz CT molecular complexity index is 173. The third-order valence-electron chi connectivity index (χ3n) is 3.37. The van der Waals surface area contributed by atoms with Gasteiger partial charge in [-0.1, -0.05) is 12.2 Å². The zero-order chi connectivity index (χ0) is 9.10. The van der Waals surface area contributed by atoms with Gasteiger partial charge >= 0.3 is 0 Å². The number of hydrogen-bond donors (Lipinski definition) is 1. The maximum Gasteiger partial charge on any atom is 0.0107 e. The van der Waals surface area contributed by atoms with E-state index in [-0.39, 0.29) is 0 Å². The SMILES string of the molecule is CNCCN1CC2CC=CCC2C1. The smallest absolute Gasteiger partial charge is 0.0107 e. The van der Waals surface area contributed by atoms with Gasteiger partial charge in [0.25, 0.3) is 0 Å². The second-order valence-corrected chi connectivity index (χ2v) is 4.33. The molecule has 1 aliphatic carbocycles. The maximum atomic E-state index is 3.22. The summed E-state index contributed by atoms with van der Waals surface area (Å²) in [6.07, 6.45) is 7.37. The highest BCUT2D eigenvalue weighted by atomic mass is 15.2. The summed E-state index contributed by atoms with van der Waals surface area (Å²) in [5.41, 5.74) is 0. The lowest BCUT2D eigenvalue weighted by Crippen LogP contribution is -2.29. The molecule has 0 spiro atoms. The average Bonchev–Trinajstić information content (AvgIpc) is 2.57. The Morgan fingerprint density at radius 2 is 1.85 bits per heavy atom. The van der Waals surface area contributed by atoms with Gasteiger partial charge in [-0.2, -0.15) is 0 Å². The van der Waals surface area contributed by atoms with Gasteiger partial charge < -0.3 is 10.2 Å². The molecule has 2 nitrogen and oxygen atoms in total. The summed E-state index contributed by atoms with van der Waals surface area (Å²) < 4.78 is 0. The van der Waals surface area contributed by atoms with Crippen molar-refractivity contribution in [3.63, 3.8) is 0 Å². The van der Waals surface area contributed by atoms with Gasteiger partial charge in [0.05, 0.1) is 0 Å². The van der Waals surface area contributed by atoms with Crippen molar-refractivity contribution in [2.24, 2.45) is 11.8 Å². The van der Waals surface area contributed by atoms with Gasteiger partial charge in [0.2, 0.25) is 0 Å². The molecule has 1 saturated heterocycles. The Morgan fingerprint density at radius 3 is 2.38 bits per heavy atom. The zero-order valence-electron chi connectivity index (χ0n) is 8.50. The number of likely N-dealkylation sites (tertiary alicyclic amines) is 1. The van der Waals surface area contributed by atoms with Gasteiger partial charge in [0, 0.05) is 26.2 Å². The zero-order valence-corrected chi connectivity index (χ0v) is 8.50. The van der Waals surface area contributed by atoms with E-state index in [9.17, 15) is 0 Å². The number of nitrogens with one attached hydrogen (secondary N) is 1. The van der Waals surface area contributed by atoms with E-state index in [2.05, 4.69) is 22.4 Å². The highest BCUT2D eigenvalue weighted by molar-refractivity contribution is 4.99. The molecule has 1 heterocycles. The molecule has 74 valence electrons. The highest BCUT2D eigenvalue weighted by Gasteiger charge is 2.31. The maximum absolute atomic E-state index is 3.22. The molecule has 0 bridgehead atoms. The summed E-state index contributed by atoms with van der Waals surface area (Å²) in [4.78, 5) is 2.61. The van der Waals surface area contributed by atoms with Crippen molar-refractivity contribution in [3.05, 3.63) is 12.2 Å². The van der Waals surface area contributed by atoms with E-state index in [4.69, 9.17) is 0 Å². The van der Waals surface area contributed by atoms with Crippen LogP contribution in [-0.4, -0.2) is 38.1 Å². The Balaban J connectivity index is 1.80. The van der Waals surface area contributed by atoms with E-state index in [0.29, 0.717) is 0 Å². The molecule has 2 rings (SSSR count). The predicted octanol–water partition coefficient (Wildman–Crippen LogP) is 1.10. The minimum atomic E-state index is 0.960. The fourth-order valence-electron chi connectivity index (χ4n) is 2.56. The second-order valence-electron chi connectivity index (χ2n) is 4.33. The van der Waals surface area contributed by atoms with Crippen LogP contribution in [0.1, 0.15) is 12.8 Å². The molecule has 0 radical (unpaired) electrons. The fourth-order valence-corrected chi connectivity index (χ4v) is 2.56. The summed E-state index contributed by atoms with van der Waals surface area (Å²) in [6.45, 7) is 5.02. The first kappa shape index (κ1) is 9.22. The highest BCUT2D eigenvalue weighted by Crippen LogP contribution is 2.32. The van der Waals surface area contributed by atoms with Crippen LogP contribution in [0.4, 0.5) is 0 Å². The Hall–Kier alpha value is -0.340. The largest absolute Gasteiger partial charge is 0.318 e. The molecule has 0 amide bonds. The van der Waals surface area contributed by atoms with Crippen molar-refractivity contribution < 1.29 is 0 Å². The van der Waals surface area contributed by atoms with Gasteiger partial charge in [0.15, 0.2) is 0 Å². The lowest BCUT2D eigenvalue weighted by Gasteiger charge is -2.18. The third kappa shape index (κ3) is 2.12. The van der Waals surface area contributed by atoms with Crippen molar-refractivity contribution in [2.75, 3.05) is 33.2 Å². The number of likely N-dealkylation sites (N-methyl/N-ethyl adjacent to an activating group) is 1. The van der Waals surface area contributed by atoms with Gasteiger partial charge in [-0.15, -0.1) is 0 Å². The molecule has 0 aromatic heterocycles. The van der Waals surface area contributed by atoms with E-state index in [0.717, 1.165) is 18.4 Å². The third-order valence-corrected chi connectivity index (χ3v) is 3.37. The van der Waals surface area contributed by atoms with E-state index in [1.54, 1.807) is 0 Å². The molecule has 1 fully saturated rings. The first-order chi connectivity index (χ1) is 6.40. The molecule has 0 saturated carbocycles. The standard InChI is InChI=1S/C11H20N2/c1-12-6-7-13-8-10-4-2-3-5-11(10)9-13/h2-3,10-12H,4-9H2,1H3. The van der Waals surface area contributed by atoms with Gasteiger partial charge in [-0.3, -0.25) is 0 Å². The summed E-state index contributed by atoms with van der Waals surface area (Å²) in [7, 11) is 2.03. The molecule has 0 aromatic carbocycles. The molecule has 2 heteroatoms. The van der Waals surface area contributed by atoms with E-state index < -0.39 is 0 Å². The minimum Gasteiger partial charge on any atom is -0.318 e. The number of nitrogens with zero attached hydrogens (tertiary/aromatic N) is 1. The molecular formula is C11H20N2. The van der Waals surface area contributed by atoms with Crippen LogP contribution in [0.2, 0.25) is 0 Å². The summed E-state index contributed by atoms with van der Waals surface area (Å²) in [5, 5.41) is 3.22. The summed E-state index contributed by atoms with van der Waals surface area (Å²) >= 11 is 0. The van der Waals surface area contributed by atoms with E-state index >= 15 is 0 Å². The quantitative estimate of drug-likeness (QED) is 0.654. The monoisotopic (exact) mass is 180 g/mol. The molecule has 2 unspecified atom stereocenters. The number of fused-ring (bicyclic) bond motifs is 1. The Morgan fingerprint density at radius 1 is 1.23 bits per heavy atom. The van der Waals surface area contributed by atoms with Crippen LogP contribution in [0.5, 0.6) is 0 Å². The number of allylic oxidation sites excluding steroid dienone is 2.